The highest BCUT2D eigenvalue weighted by atomic mass is 16.5. The zero-order valence-corrected chi connectivity index (χ0v) is 11.1. The molecule has 2 aliphatic heterocycles. The fourth-order valence-electron chi connectivity index (χ4n) is 3.02. The van der Waals surface area contributed by atoms with Gasteiger partial charge in [0.1, 0.15) is 24.3 Å². The van der Waals surface area contributed by atoms with Crippen LogP contribution in [0, 0.1) is 0 Å². The number of carbonyl (C=O) groups excluding carboxylic acids is 1. The van der Waals surface area contributed by atoms with Crippen molar-refractivity contribution in [2.75, 3.05) is 13.2 Å². The summed E-state index contributed by atoms with van der Waals surface area (Å²) in [7, 11) is 0. The Labute approximate surface area is 117 Å². The predicted molar refractivity (Wildman–Crippen MR) is 71.7 cm³/mol. The van der Waals surface area contributed by atoms with Crippen molar-refractivity contribution in [1.29, 1.82) is 0 Å². The molecule has 5 nitrogen and oxygen atoms in total. The lowest BCUT2D eigenvalue weighted by Gasteiger charge is -2.34. The summed E-state index contributed by atoms with van der Waals surface area (Å²) in [5.74, 6) is -0.673. The van der Waals surface area contributed by atoms with Crippen molar-refractivity contribution in [2.24, 2.45) is 0 Å². The molecule has 0 aliphatic carbocycles. The largest absolute Gasteiger partial charge is 0.492 e. The van der Waals surface area contributed by atoms with Crippen molar-refractivity contribution in [2.45, 2.75) is 31.2 Å². The van der Waals surface area contributed by atoms with Gasteiger partial charge in [0, 0.05) is 12.1 Å². The van der Waals surface area contributed by atoms with Crippen LogP contribution in [-0.2, 0) is 9.59 Å². The van der Waals surface area contributed by atoms with Gasteiger partial charge in [0.15, 0.2) is 0 Å². The standard InChI is InChI=1S/C15H17NO4/c17-14(16-8-4-3-6-12(16)15(18)19)11-9-20-13-7-2-1-5-10(11)13/h1-2,5,7,11-12H,3-4,6,8-9H2,(H,18,19). The summed E-state index contributed by atoms with van der Waals surface area (Å²) < 4.78 is 5.52. The van der Waals surface area contributed by atoms with E-state index in [1.807, 2.05) is 24.3 Å². The Morgan fingerprint density at radius 3 is 2.85 bits per heavy atom. The topological polar surface area (TPSA) is 66.8 Å². The number of carboxylic acid groups (broad SMARTS) is 1. The molecule has 1 fully saturated rings. The number of rotatable bonds is 2. The first-order valence-corrected chi connectivity index (χ1v) is 6.93. The van der Waals surface area contributed by atoms with Crippen LogP contribution in [0.25, 0.3) is 0 Å². The summed E-state index contributed by atoms with van der Waals surface area (Å²) in [6.07, 6.45) is 2.26. The molecule has 0 aromatic heterocycles. The van der Waals surface area contributed by atoms with E-state index in [1.165, 1.54) is 4.90 Å². The Balaban J connectivity index is 1.84. The molecule has 0 spiro atoms. The summed E-state index contributed by atoms with van der Waals surface area (Å²) >= 11 is 0. The number of aliphatic carboxylic acids is 1. The van der Waals surface area contributed by atoms with Crippen LogP contribution in [0.2, 0.25) is 0 Å². The van der Waals surface area contributed by atoms with Gasteiger partial charge in [-0.1, -0.05) is 18.2 Å². The zero-order valence-electron chi connectivity index (χ0n) is 11.1. The third kappa shape index (κ3) is 2.13. The molecule has 1 saturated heterocycles. The Hall–Kier alpha value is -2.04. The van der Waals surface area contributed by atoms with Gasteiger partial charge in [-0.3, -0.25) is 4.79 Å². The molecule has 5 heteroatoms. The van der Waals surface area contributed by atoms with Crippen LogP contribution < -0.4 is 4.74 Å². The lowest BCUT2D eigenvalue weighted by Crippen LogP contribution is -2.49. The first-order valence-electron chi connectivity index (χ1n) is 6.93. The van der Waals surface area contributed by atoms with Crippen LogP contribution >= 0.6 is 0 Å². The van der Waals surface area contributed by atoms with E-state index in [2.05, 4.69) is 0 Å². The molecule has 0 saturated carbocycles. The molecule has 2 heterocycles. The van der Waals surface area contributed by atoms with Crippen LogP contribution in [0.15, 0.2) is 24.3 Å². The Morgan fingerprint density at radius 1 is 1.25 bits per heavy atom. The van der Waals surface area contributed by atoms with Crippen molar-refractivity contribution in [3.05, 3.63) is 29.8 Å². The van der Waals surface area contributed by atoms with Gasteiger partial charge in [-0.25, -0.2) is 4.79 Å². The minimum atomic E-state index is -0.912. The lowest BCUT2D eigenvalue weighted by atomic mass is 9.95. The van der Waals surface area contributed by atoms with E-state index < -0.39 is 12.0 Å². The number of ether oxygens (including phenoxy) is 1. The highest BCUT2D eigenvalue weighted by Crippen LogP contribution is 2.35. The maximum atomic E-state index is 12.7. The minimum Gasteiger partial charge on any atom is -0.492 e. The minimum absolute atomic E-state index is 0.123. The second kappa shape index (κ2) is 5.15. The smallest absolute Gasteiger partial charge is 0.326 e. The third-order valence-electron chi connectivity index (χ3n) is 4.07. The number of benzene rings is 1. The molecule has 2 atom stereocenters. The van der Waals surface area contributed by atoms with Crippen LogP contribution in [0.1, 0.15) is 30.7 Å². The normalized spacial score (nSPS) is 24.9. The van der Waals surface area contributed by atoms with E-state index in [9.17, 15) is 14.7 Å². The van der Waals surface area contributed by atoms with Gasteiger partial charge in [-0.15, -0.1) is 0 Å². The highest BCUT2D eigenvalue weighted by molar-refractivity contribution is 5.89. The molecule has 20 heavy (non-hydrogen) atoms. The second-order valence-electron chi connectivity index (χ2n) is 5.28. The fourth-order valence-corrected chi connectivity index (χ4v) is 3.02. The molecule has 1 amide bonds. The van der Waals surface area contributed by atoms with Gasteiger partial charge in [-0.05, 0) is 25.3 Å². The van der Waals surface area contributed by atoms with E-state index in [0.717, 1.165) is 24.2 Å². The summed E-state index contributed by atoms with van der Waals surface area (Å²) in [6.45, 7) is 0.829. The number of hydrogen-bond acceptors (Lipinski definition) is 3. The predicted octanol–water partition coefficient (Wildman–Crippen LogP) is 1.63. The Morgan fingerprint density at radius 2 is 2.05 bits per heavy atom. The number of carbonyl (C=O) groups is 2. The van der Waals surface area contributed by atoms with Gasteiger partial charge in [0.25, 0.3) is 0 Å². The van der Waals surface area contributed by atoms with Crippen LogP contribution in [0.3, 0.4) is 0 Å². The van der Waals surface area contributed by atoms with Crippen LogP contribution in [0.4, 0.5) is 0 Å². The van der Waals surface area contributed by atoms with Crippen molar-refractivity contribution in [3.8, 4) is 5.75 Å². The molecule has 1 aromatic carbocycles. The van der Waals surface area contributed by atoms with E-state index in [4.69, 9.17) is 4.74 Å². The van der Waals surface area contributed by atoms with Crippen molar-refractivity contribution in [3.63, 3.8) is 0 Å². The number of carboxylic acids is 1. The molecule has 0 bridgehead atoms. The molecule has 2 unspecified atom stereocenters. The van der Waals surface area contributed by atoms with Gasteiger partial charge in [0.2, 0.25) is 5.91 Å². The van der Waals surface area contributed by atoms with Crippen molar-refractivity contribution >= 4 is 11.9 Å². The maximum Gasteiger partial charge on any atom is 0.326 e. The summed E-state index contributed by atoms with van der Waals surface area (Å²) in [4.78, 5) is 25.5. The first kappa shape index (κ1) is 13.0. The fraction of sp³-hybridized carbons (Fsp3) is 0.467. The van der Waals surface area contributed by atoms with Gasteiger partial charge in [0.05, 0.1) is 0 Å². The van der Waals surface area contributed by atoms with E-state index in [-0.39, 0.29) is 11.8 Å². The van der Waals surface area contributed by atoms with Gasteiger partial charge >= 0.3 is 5.97 Å². The Bertz CT molecular complexity index is 542. The summed E-state index contributed by atoms with van der Waals surface area (Å²) in [5.41, 5.74) is 0.868. The molecule has 1 N–H and O–H groups in total. The average Bonchev–Trinajstić information content (AvgIpc) is 2.90. The average molecular weight is 275 g/mol. The number of fused-ring (bicyclic) bond motifs is 1. The monoisotopic (exact) mass is 275 g/mol. The molecule has 3 rings (SSSR count). The number of likely N-dealkylation sites (tertiary alicyclic amines) is 1. The van der Waals surface area contributed by atoms with E-state index >= 15 is 0 Å². The van der Waals surface area contributed by atoms with E-state index in [0.29, 0.717) is 19.6 Å². The van der Waals surface area contributed by atoms with E-state index in [1.54, 1.807) is 0 Å². The van der Waals surface area contributed by atoms with Crippen molar-refractivity contribution in [1.82, 2.24) is 4.90 Å². The number of piperidine rings is 1. The lowest BCUT2D eigenvalue weighted by molar-refractivity contribution is -0.152. The molecule has 106 valence electrons. The summed E-state index contributed by atoms with van der Waals surface area (Å²) in [6, 6.07) is 6.77. The third-order valence-corrected chi connectivity index (χ3v) is 4.07. The van der Waals surface area contributed by atoms with Gasteiger partial charge in [-0.2, -0.15) is 0 Å². The zero-order chi connectivity index (χ0) is 14.1. The maximum absolute atomic E-state index is 12.7. The first-order chi connectivity index (χ1) is 9.68. The molecular formula is C15H17NO4. The number of amides is 1. The SMILES string of the molecule is O=C(O)C1CCCCN1C(=O)C1COc2ccccc21. The van der Waals surface area contributed by atoms with Crippen LogP contribution in [-0.4, -0.2) is 41.1 Å². The number of para-hydroxylation sites is 1. The van der Waals surface area contributed by atoms with Crippen molar-refractivity contribution < 1.29 is 19.4 Å². The Kier molecular flexibility index (Phi) is 3.34. The summed E-state index contributed by atoms with van der Waals surface area (Å²) in [5, 5.41) is 9.27. The molecule has 1 aromatic rings. The second-order valence-corrected chi connectivity index (χ2v) is 5.28. The molecule has 2 aliphatic rings. The number of nitrogens with zero attached hydrogens (tertiary/aromatic N) is 1. The quantitative estimate of drug-likeness (QED) is 0.890. The highest BCUT2D eigenvalue weighted by Gasteiger charge is 2.39. The van der Waals surface area contributed by atoms with Crippen LogP contribution in [0.5, 0.6) is 5.75 Å². The van der Waals surface area contributed by atoms with Gasteiger partial charge < -0.3 is 14.7 Å². The number of hydrogen-bond donors (Lipinski definition) is 1. The molecule has 0 radical (unpaired) electrons. The molecular weight excluding hydrogens is 258 g/mol.